The molecule has 23 nitrogen and oxygen atoms in total. The highest BCUT2D eigenvalue weighted by molar-refractivity contribution is 6.38. The summed E-state index contributed by atoms with van der Waals surface area (Å²) in [4.78, 5) is 126. The molecule has 1 aromatic rings. The van der Waals surface area contributed by atoms with E-state index in [9.17, 15) is 58.2 Å². The van der Waals surface area contributed by atoms with Crippen LogP contribution < -0.4 is 54.4 Å². The van der Waals surface area contributed by atoms with Crippen molar-refractivity contribution in [1.29, 1.82) is 0 Å². The Morgan fingerprint density at radius 2 is 1.32 bits per heavy atom. The molecule has 0 bridgehead atoms. The fourth-order valence-electron chi connectivity index (χ4n) is 5.28. The molecule has 1 rings (SSSR count). The smallest absolute Gasteiger partial charge is 0.289 e. The van der Waals surface area contributed by atoms with Crippen molar-refractivity contribution in [2.45, 2.75) is 102 Å². The molecule has 1 aromatic carbocycles. The number of aliphatic hydroxyl groups is 2. The van der Waals surface area contributed by atoms with Crippen LogP contribution >= 0.6 is 0 Å². The maximum atomic E-state index is 13.1. The summed E-state index contributed by atoms with van der Waals surface area (Å²) in [7, 11) is 2.26. The summed E-state index contributed by atoms with van der Waals surface area (Å²) < 4.78 is 0. The summed E-state index contributed by atoms with van der Waals surface area (Å²) in [6, 6.07) is 0.449. The van der Waals surface area contributed by atoms with E-state index >= 15 is 0 Å². The number of nitrogens with one attached hydrogen (secondary N) is 7. The minimum absolute atomic E-state index is 0.229. The predicted octanol–water partition coefficient (Wildman–Crippen LogP) is -5.79. The van der Waals surface area contributed by atoms with Gasteiger partial charge < -0.3 is 69.5 Å². The number of likely N-dealkylation sites (N-methyl/N-ethyl adjacent to an activating group) is 2. The van der Waals surface area contributed by atoms with Crippen LogP contribution in [0.2, 0.25) is 0 Å². The number of amides is 9. The van der Waals surface area contributed by atoms with Crippen LogP contribution in [0.3, 0.4) is 0 Å². The Bertz CT molecular complexity index is 1670. The monoisotopic (exact) mass is 835 g/mol. The van der Waals surface area contributed by atoms with Gasteiger partial charge in [-0.05, 0) is 44.4 Å². The van der Waals surface area contributed by atoms with Crippen LogP contribution in [0.4, 0.5) is 0 Å². The maximum Gasteiger partial charge on any atom is 0.289 e. The van der Waals surface area contributed by atoms with Gasteiger partial charge in [-0.25, -0.2) is 0 Å². The zero-order valence-electron chi connectivity index (χ0n) is 33.7. The molecule has 15 N–H and O–H groups in total. The summed E-state index contributed by atoms with van der Waals surface area (Å²) in [5, 5.41) is 35.1. The summed E-state index contributed by atoms with van der Waals surface area (Å²) in [5.41, 5.74) is 18.0. The van der Waals surface area contributed by atoms with Crippen LogP contribution in [0, 0.1) is 0 Å². The number of carbonyl (C=O) groups excluding carboxylic acids is 10. The van der Waals surface area contributed by atoms with E-state index in [0.717, 1.165) is 51.6 Å². The van der Waals surface area contributed by atoms with Crippen molar-refractivity contribution in [1.82, 2.24) is 42.1 Å². The third-order valence-corrected chi connectivity index (χ3v) is 8.69. The Hall–Kier alpha value is -6.04. The highest BCUT2D eigenvalue weighted by Crippen LogP contribution is 2.10. The first-order valence-corrected chi connectivity index (χ1v) is 18.7. The van der Waals surface area contributed by atoms with E-state index < -0.39 is 121 Å². The Labute approximate surface area is 340 Å². The number of benzene rings is 1. The molecule has 0 radical (unpaired) electrons. The van der Waals surface area contributed by atoms with E-state index in [2.05, 4.69) is 38.8 Å². The topological polar surface area (TPSA) is 377 Å². The fraction of sp³-hybridized carbons (Fsp3) is 0.556. The lowest BCUT2D eigenvalue weighted by Gasteiger charge is -2.30. The van der Waals surface area contributed by atoms with Gasteiger partial charge in [-0.3, -0.25) is 47.9 Å². The van der Waals surface area contributed by atoms with E-state index in [4.69, 9.17) is 17.2 Å². The molecule has 0 aliphatic heterocycles. The molecule has 9 amide bonds. The standard InChI is InChI=1S/C36H57N11O12/c1-6-7-8-9-10-20-11-13-21(14-12-20)30(53)44-23(17-48)32(55)45-28(38)35(58)41-16-25(51)47(5)26(19(3)49)33(56)46-29(39)36(59)43-22(15-24(37)50)31(54)42-18(2)27(52)34(57)40-4/h11-14,18-19,22-23,26,28-29,48-49H,6-10,15-17,38-39H2,1-5H3,(H2,37,50)(H,40,57)(H,41,58)(H,42,54)(H,43,59)(H,44,53)(H,45,55)(H,46,56)/t18?,19?,22-,23+,26-,28-,29+/m0/s1. The number of primary amides is 1. The molecule has 7 atom stereocenters. The normalized spacial score (nSPS) is 14.3. The Morgan fingerprint density at radius 3 is 1.86 bits per heavy atom. The van der Waals surface area contributed by atoms with E-state index in [1.165, 1.54) is 14.0 Å². The first-order valence-electron chi connectivity index (χ1n) is 18.7. The van der Waals surface area contributed by atoms with E-state index in [-0.39, 0.29) is 5.56 Å². The summed E-state index contributed by atoms with van der Waals surface area (Å²) >= 11 is 0. The molecular weight excluding hydrogens is 778 g/mol. The highest BCUT2D eigenvalue weighted by atomic mass is 16.3. The van der Waals surface area contributed by atoms with Crippen LogP contribution in [0.25, 0.3) is 0 Å². The highest BCUT2D eigenvalue weighted by Gasteiger charge is 2.35. The van der Waals surface area contributed by atoms with Crippen molar-refractivity contribution in [3.05, 3.63) is 35.4 Å². The third kappa shape index (κ3) is 17.2. The summed E-state index contributed by atoms with van der Waals surface area (Å²) in [6.07, 6.45) is -0.907. The van der Waals surface area contributed by atoms with E-state index in [1.54, 1.807) is 24.3 Å². The number of Topliss-reactive ketones (excluding diaryl/α,β-unsaturated/α-hetero) is 1. The molecule has 0 aromatic heterocycles. The molecule has 0 aliphatic carbocycles. The number of carbonyl (C=O) groups is 10. The minimum atomic E-state index is -1.94. The van der Waals surface area contributed by atoms with Crippen molar-refractivity contribution >= 4 is 58.9 Å². The second-order valence-corrected chi connectivity index (χ2v) is 13.5. The van der Waals surface area contributed by atoms with Crippen molar-refractivity contribution in [2.24, 2.45) is 17.2 Å². The van der Waals surface area contributed by atoms with Gasteiger partial charge in [-0.1, -0.05) is 38.3 Å². The van der Waals surface area contributed by atoms with E-state index in [0.29, 0.717) is 4.90 Å². The first-order chi connectivity index (χ1) is 27.7. The predicted molar refractivity (Wildman–Crippen MR) is 209 cm³/mol. The largest absolute Gasteiger partial charge is 0.394 e. The van der Waals surface area contributed by atoms with Crippen molar-refractivity contribution in [3.8, 4) is 0 Å². The van der Waals surface area contributed by atoms with Gasteiger partial charge in [-0.15, -0.1) is 0 Å². The minimum Gasteiger partial charge on any atom is -0.394 e. The van der Waals surface area contributed by atoms with Gasteiger partial charge >= 0.3 is 0 Å². The molecule has 0 spiro atoms. The Balaban J connectivity index is 2.80. The van der Waals surface area contributed by atoms with Gasteiger partial charge in [-0.2, -0.15) is 0 Å². The average Bonchev–Trinajstić information content (AvgIpc) is 3.18. The molecule has 0 fully saturated rings. The lowest BCUT2D eigenvalue weighted by Crippen LogP contribution is -2.63. The molecule has 59 heavy (non-hydrogen) atoms. The number of unbranched alkanes of at least 4 members (excludes halogenated alkanes) is 3. The Kier molecular flexibility index (Phi) is 21.9. The van der Waals surface area contributed by atoms with Gasteiger partial charge in [0.2, 0.25) is 35.3 Å². The lowest BCUT2D eigenvalue weighted by atomic mass is 10.0. The summed E-state index contributed by atoms with van der Waals surface area (Å²) in [6.45, 7) is 2.75. The van der Waals surface area contributed by atoms with Crippen LogP contribution in [-0.4, -0.2) is 144 Å². The SMILES string of the molecule is CCCCCCc1ccc(C(=O)N[C@H](CO)C(=O)N[C@H](N)C(=O)NCC(=O)N(C)[C@H](C(=O)N[C@@H](N)C(=O)N[C@@H](CC(N)=O)C(=O)NC(C)C(=O)C(=O)NC)C(C)O)cc1. The molecule has 2 unspecified atom stereocenters. The van der Waals surface area contributed by atoms with Gasteiger partial charge in [0.15, 0.2) is 12.3 Å². The Morgan fingerprint density at radius 1 is 0.746 bits per heavy atom. The van der Waals surface area contributed by atoms with Crippen LogP contribution in [0.5, 0.6) is 0 Å². The number of nitrogens with two attached hydrogens (primary N) is 3. The number of hydrogen-bond donors (Lipinski definition) is 12. The molecule has 0 heterocycles. The number of aryl methyl sites for hydroxylation is 1. The average molecular weight is 836 g/mol. The number of nitrogens with zero attached hydrogens (tertiary/aromatic N) is 1. The second kappa shape index (κ2) is 25.3. The van der Waals surface area contributed by atoms with Crippen LogP contribution in [0.15, 0.2) is 24.3 Å². The van der Waals surface area contributed by atoms with Gasteiger partial charge in [0, 0.05) is 19.7 Å². The van der Waals surface area contributed by atoms with Crippen LogP contribution in [0.1, 0.15) is 68.8 Å². The zero-order chi connectivity index (χ0) is 45.0. The maximum absolute atomic E-state index is 13.1. The second-order valence-electron chi connectivity index (χ2n) is 13.5. The molecule has 0 aliphatic rings. The third-order valence-electron chi connectivity index (χ3n) is 8.69. The number of ketones is 1. The number of aliphatic hydroxyl groups excluding tert-OH is 2. The van der Waals surface area contributed by atoms with E-state index in [1.807, 2.05) is 5.32 Å². The summed E-state index contributed by atoms with van der Waals surface area (Å²) in [5.74, 6) is -10.4. The number of hydrogen-bond acceptors (Lipinski definition) is 14. The zero-order valence-corrected chi connectivity index (χ0v) is 33.7. The first kappa shape index (κ1) is 51.0. The fourth-order valence-corrected chi connectivity index (χ4v) is 5.28. The quantitative estimate of drug-likeness (QED) is 0.0248. The van der Waals surface area contributed by atoms with Gasteiger partial charge in [0.05, 0.1) is 31.7 Å². The van der Waals surface area contributed by atoms with Gasteiger partial charge in [0.25, 0.3) is 23.6 Å². The van der Waals surface area contributed by atoms with Crippen molar-refractivity contribution in [2.75, 3.05) is 27.2 Å². The van der Waals surface area contributed by atoms with Crippen LogP contribution in [-0.2, 0) is 49.6 Å². The molecule has 0 saturated carbocycles. The number of rotatable bonds is 25. The van der Waals surface area contributed by atoms with Crippen molar-refractivity contribution < 1.29 is 58.2 Å². The lowest BCUT2D eigenvalue weighted by molar-refractivity contribution is -0.144. The van der Waals surface area contributed by atoms with Gasteiger partial charge in [0.1, 0.15) is 18.1 Å². The molecular formula is C36H57N11O12. The molecule has 23 heteroatoms. The molecule has 0 saturated heterocycles. The van der Waals surface area contributed by atoms with Crippen molar-refractivity contribution in [3.63, 3.8) is 0 Å². The molecule has 328 valence electrons.